The van der Waals surface area contributed by atoms with Crippen LogP contribution in [0.2, 0.25) is 0 Å². The zero-order chi connectivity index (χ0) is 10.6. The van der Waals surface area contributed by atoms with E-state index in [9.17, 15) is 5.11 Å². The molecule has 0 saturated carbocycles. The number of hydrogen-bond acceptors (Lipinski definition) is 1. The first-order chi connectivity index (χ1) is 6.81. The second-order valence-electron chi connectivity index (χ2n) is 4.00. The molecule has 14 heavy (non-hydrogen) atoms. The zero-order valence-electron chi connectivity index (χ0n) is 9.84. The van der Waals surface area contributed by atoms with E-state index in [4.69, 9.17) is 0 Å². The molecule has 0 radical (unpaired) electrons. The molecule has 0 rings (SSSR count). The largest absolute Gasteiger partial charge is 0.393 e. The van der Waals surface area contributed by atoms with E-state index in [0.29, 0.717) is 0 Å². The molecule has 0 heterocycles. The Morgan fingerprint density at radius 3 is 2.43 bits per heavy atom. The van der Waals surface area contributed by atoms with Crippen molar-refractivity contribution in [3.05, 3.63) is 12.2 Å². The Kier molecular flexibility index (Phi) is 10.5. The summed E-state index contributed by atoms with van der Waals surface area (Å²) in [5.74, 6) is 0. The summed E-state index contributed by atoms with van der Waals surface area (Å²) in [5.41, 5.74) is 0. The molecule has 0 aliphatic carbocycles. The Labute approximate surface area is 89.2 Å². The molecule has 0 aromatic carbocycles. The lowest BCUT2D eigenvalue weighted by atomic mass is 10.1. The lowest BCUT2D eigenvalue weighted by Gasteiger charge is -2.06. The molecule has 1 N–H and O–H groups in total. The first-order valence-electron chi connectivity index (χ1n) is 6.14. The van der Waals surface area contributed by atoms with Crippen molar-refractivity contribution in [1.82, 2.24) is 0 Å². The monoisotopic (exact) mass is 198 g/mol. The third-order valence-electron chi connectivity index (χ3n) is 2.42. The highest BCUT2D eigenvalue weighted by Crippen LogP contribution is 2.08. The van der Waals surface area contributed by atoms with Gasteiger partial charge in [0.05, 0.1) is 6.10 Å². The first-order valence-corrected chi connectivity index (χ1v) is 6.14. The molecule has 0 fully saturated rings. The second kappa shape index (κ2) is 10.8. The van der Waals surface area contributed by atoms with E-state index >= 15 is 0 Å². The average Bonchev–Trinajstić information content (AvgIpc) is 2.19. The van der Waals surface area contributed by atoms with Gasteiger partial charge in [-0.3, -0.25) is 0 Å². The maximum absolute atomic E-state index is 9.60. The van der Waals surface area contributed by atoms with E-state index < -0.39 is 0 Å². The van der Waals surface area contributed by atoms with Gasteiger partial charge in [0, 0.05) is 0 Å². The molecule has 0 unspecified atom stereocenters. The topological polar surface area (TPSA) is 20.2 Å². The molecular formula is C13H26O. The highest BCUT2D eigenvalue weighted by Gasteiger charge is 2.00. The van der Waals surface area contributed by atoms with Crippen molar-refractivity contribution >= 4 is 0 Å². The summed E-state index contributed by atoms with van der Waals surface area (Å²) in [6, 6.07) is 0. The van der Waals surface area contributed by atoms with E-state index in [0.717, 1.165) is 19.3 Å². The van der Waals surface area contributed by atoms with Gasteiger partial charge in [-0.05, 0) is 19.3 Å². The van der Waals surface area contributed by atoms with E-state index in [2.05, 4.69) is 26.0 Å². The fourth-order valence-electron chi connectivity index (χ4n) is 1.46. The smallest absolute Gasteiger partial charge is 0.0574 e. The SMILES string of the molecule is CCC/C=C\C[C@H](O)CCCCCC. The van der Waals surface area contributed by atoms with Crippen LogP contribution in [0.1, 0.15) is 65.2 Å². The number of unbranched alkanes of at least 4 members (excludes halogenated alkanes) is 4. The summed E-state index contributed by atoms with van der Waals surface area (Å²) >= 11 is 0. The highest BCUT2D eigenvalue weighted by atomic mass is 16.3. The van der Waals surface area contributed by atoms with E-state index in [-0.39, 0.29) is 6.10 Å². The molecule has 0 aliphatic heterocycles. The van der Waals surface area contributed by atoms with Gasteiger partial charge in [-0.25, -0.2) is 0 Å². The molecule has 84 valence electrons. The van der Waals surface area contributed by atoms with Crippen molar-refractivity contribution in [2.24, 2.45) is 0 Å². The van der Waals surface area contributed by atoms with E-state index in [1.165, 1.54) is 32.1 Å². The van der Waals surface area contributed by atoms with Gasteiger partial charge in [-0.1, -0.05) is 58.1 Å². The fraction of sp³-hybridized carbons (Fsp3) is 0.846. The summed E-state index contributed by atoms with van der Waals surface area (Å²) in [7, 11) is 0. The maximum atomic E-state index is 9.60. The maximum Gasteiger partial charge on any atom is 0.0574 e. The Morgan fingerprint density at radius 2 is 1.79 bits per heavy atom. The minimum Gasteiger partial charge on any atom is -0.393 e. The molecule has 1 nitrogen and oxygen atoms in total. The fourth-order valence-corrected chi connectivity index (χ4v) is 1.46. The van der Waals surface area contributed by atoms with Gasteiger partial charge in [0.15, 0.2) is 0 Å². The number of hydrogen-bond donors (Lipinski definition) is 1. The van der Waals surface area contributed by atoms with Crippen LogP contribution >= 0.6 is 0 Å². The molecule has 0 amide bonds. The van der Waals surface area contributed by atoms with Crippen molar-refractivity contribution in [2.75, 3.05) is 0 Å². The van der Waals surface area contributed by atoms with Crippen molar-refractivity contribution in [1.29, 1.82) is 0 Å². The standard InChI is InChI=1S/C13H26O/c1-3-5-7-9-11-13(14)12-10-8-6-4-2/h7,9,13-14H,3-6,8,10-12H2,1-2H3/b9-7-/t13-/m0/s1. The number of aliphatic hydroxyl groups is 1. The lowest BCUT2D eigenvalue weighted by Crippen LogP contribution is -2.04. The first kappa shape index (κ1) is 13.7. The molecule has 0 aliphatic rings. The quantitative estimate of drug-likeness (QED) is 0.437. The van der Waals surface area contributed by atoms with E-state index in [1.807, 2.05) is 0 Å². The minimum absolute atomic E-state index is 0.111. The zero-order valence-corrected chi connectivity index (χ0v) is 9.84. The van der Waals surface area contributed by atoms with Gasteiger partial charge in [0.1, 0.15) is 0 Å². The summed E-state index contributed by atoms with van der Waals surface area (Å²) in [5, 5.41) is 9.60. The van der Waals surface area contributed by atoms with Crippen LogP contribution < -0.4 is 0 Å². The summed E-state index contributed by atoms with van der Waals surface area (Å²) in [6.07, 6.45) is 13.4. The third kappa shape index (κ3) is 9.79. The molecule has 0 bridgehead atoms. The van der Waals surface area contributed by atoms with Crippen LogP contribution in [-0.2, 0) is 0 Å². The predicted octanol–water partition coefficient (Wildman–Crippen LogP) is 4.06. The van der Waals surface area contributed by atoms with Gasteiger partial charge in [-0.15, -0.1) is 0 Å². The second-order valence-corrected chi connectivity index (χ2v) is 4.00. The van der Waals surface area contributed by atoms with Crippen molar-refractivity contribution in [3.8, 4) is 0 Å². The molecule has 0 aromatic heterocycles. The van der Waals surface area contributed by atoms with Crippen LogP contribution in [0.4, 0.5) is 0 Å². The molecular weight excluding hydrogens is 172 g/mol. The normalized spacial score (nSPS) is 13.6. The van der Waals surface area contributed by atoms with Gasteiger partial charge in [0.25, 0.3) is 0 Å². The van der Waals surface area contributed by atoms with Crippen LogP contribution in [0.3, 0.4) is 0 Å². The molecule has 1 heteroatoms. The van der Waals surface area contributed by atoms with Crippen LogP contribution in [0.15, 0.2) is 12.2 Å². The van der Waals surface area contributed by atoms with Gasteiger partial charge >= 0.3 is 0 Å². The average molecular weight is 198 g/mol. The van der Waals surface area contributed by atoms with Crippen LogP contribution in [0, 0.1) is 0 Å². The Hall–Kier alpha value is -0.300. The van der Waals surface area contributed by atoms with Crippen molar-refractivity contribution in [2.45, 2.75) is 71.3 Å². The summed E-state index contributed by atoms with van der Waals surface area (Å²) in [4.78, 5) is 0. The molecule has 0 aromatic rings. The molecule has 0 saturated heterocycles. The van der Waals surface area contributed by atoms with Gasteiger partial charge < -0.3 is 5.11 Å². The minimum atomic E-state index is -0.111. The van der Waals surface area contributed by atoms with Crippen molar-refractivity contribution in [3.63, 3.8) is 0 Å². The molecule has 0 spiro atoms. The summed E-state index contributed by atoms with van der Waals surface area (Å²) in [6.45, 7) is 4.38. The Morgan fingerprint density at radius 1 is 1.00 bits per heavy atom. The number of allylic oxidation sites excluding steroid dienone is 1. The van der Waals surface area contributed by atoms with E-state index in [1.54, 1.807) is 0 Å². The van der Waals surface area contributed by atoms with Gasteiger partial charge in [0.2, 0.25) is 0 Å². The van der Waals surface area contributed by atoms with Crippen LogP contribution in [0.5, 0.6) is 0 Å². The Bertz CT molecular complexity index is 129. The van der Waals surface area contributed by atoms with Crippen LogP contribution in [0.25, 0.3) is 0 Å². The van der Waals surface area contributed by atoms with Crippen molar-refractivity contribution < 1.29 is 5.11 Å². The summed E-state index contributed by atoms with van der Waals surface area (Å²) < 4.78 is 0. The lowest BCUT2D eigenvalue weighted by molar-refractivity contribution is 0.163. The number of aliphatic hydroxyl groups excluding tert-OH is 1. The highest BCUT2D eigenvalue weighted by molar-refractivity contribution is 4.83. The third-order valence-corrected chi connectivity index (χ3v) is 2.42. The number of rotatable bonds is 9. The van der Waals surface area contributed by atoms with Gasteiger partial charge in [-0.2, -0.15) is 0 Å². The van der Waals surface area contributed by atoms with Crippen LogP contribution in [-0.4, -0.2) is 11.2 Å². The Balaban J connectivity index is 3.23. The predicted molar refractivity (Wildman–Crippen MR) is 63.4 cm³/mol. The molecule has 1 atom stereocenters.